The van der Waals surface area contributed by atoms with Crippen molar-refractivity contribution in [2.45, 2.75) is 238 Å². The minimum Gasteiger partial charge on any atom is -0.480 e. The second kappa shape index (κ2) is 44.9. The van der Waals surface area contributed by atoms with Crippen molar-refractivity contribution in [3.05, 3.63) is 24.3 Å². The zero-order valence-electron chi connectivity index (χ0n) is 41.4. The molecule has 13 heteroatoms. The summed E-state index contributed by atoms with van der Waals surface area (Å²) in [6.45, 7) is 2.97. The van der Waals surface area contributed by atoms with Gasteiger partial charge in [-0.2, -0.15) is 0 Å². The maximum Gasteiger partial charge on any atom is 0.320 e. The lowest BCUT2D eigenvalue weighted by Crippen LogP contribution is -2.46. The number of unbranched alkanes of at least 4 members (excludes halogenated alkanes) is 23. The lowest BCUT2D eigenvalue weighted by Gasteiger charge is -2.25. The number of aliphatic carboxylic acids is 3. The van der Waals surface area contributed by atoms with Gasteiger partial charge in [0.1, 0.15) is 24.2 Å². The SMILES string of the molecule is CCCCCCCC/C=C\CCCCCCCC(=O)C[C@H](COC(=O)CCC(=O)NCCCC[C@@H](C(=O)O)N(CC(=O)O)CC(=O)O)C(=O)CCCCCCC/C=C\CCCCCCCC. The molecule has 2 atom stereocenters. The first-order chi connectivity index (χ1) is 31.9. The molecular formula is C53H92N2O11. The number of ether oxygens (including phenoxy) is 1. The van der Waals surface area contributed by atoms with Gasteiger partial charge in [0.2, 0.25) is 5.91 Å². The van der Waals surface area contributed by atoms with Gasteiger partial charge < -0.3 is 25.4 Å². The monoisotopic (exact) mass is 933 g/mol. The molecule has 0 aromatic rings. The number of carbonyl (C=O) groups is 7. The molecule has 0 rings (SSSR count). The summed E-state index contributed by atoms with van der Waals surface area (Å²) in [7, 11) is 0. The van der Waals surface area contributed by atoms with Crippen LogP contribution in [-0.4, -0.2) is 93.9 Å². The lowest BCUT2D eigenvalue weighted by atomic mass is 9.92. The molecule has 0 bridgehead atoms. The molecule has 0 aromatic heterocycles. The van der Waals surface area contributed by atoms with Crippen molar-refractivity contribution in [1.82, 2.24) is 10.2 Å². The number of esters is 1. The Morgan fingerprint density at radius 2 is 0.955 bits per heavy atom. The second-order valence-corrected chi connectivity index (χ2v) is 18.1. The first-order valence-electron chi connectivity index (χ1n) is 26.1. The summed E-state index contributed by atoms with van der Waals surface area (Å²) in [4.78, 5) is 86.4. The van der Waals surface area contributed by atoms with Crippen LogP contribution < -0.4 is 5.32 Å². The van der Waals surface area contributed by atoms with E-state index in [9.17, 15) is 38.7 Å². The van der Waals surface area contributed by atoms with Crippen molar-refractivity contribution in [3.8, 4) is 0 Å². The number of carbonyl (C=O) groups excluding carboxylic acids is 4. The highest BCUT2D eigenvalue weighted by atomic mass is 16.5. The van der Waals surface area contributed by atoms with Crippen LogP contribution in [0.25, 0.3) is 0 Å². The van der Waals surface area contributed by atoms with Gasteiger partial charge in [-0.15, -0.1) is 0 Å². The van der Waals surface area contributed by atoms with Gasteiger partial charge in [-0.25, -0.2) is 0 Å². The number of rotatable bonds is 49. The number of amides is 1. The van der Waals surface area contributed by atoms with E-state index in [0.29, 0.717) is 19.3 Å². The summed E-state index contributed by atoms with van der Waals surface area (Å²) in [5.74, 6) is -5.89. The van der Waals surface area contributed by atoms with Gasteiger partial charge in [-0.05, 0) is 83.5 Å². The number of nitrogens with one attached hydrogen (secondary N) is 1. The molecule has 0 aliphatic rings. The van der Waals surface area contributed by atoms with E-state index in [2.05, 4.69) is 43.5 Å². The number of carboxylic acid groups (broad SMARTS) is 3. The van der Waals surface area contributed by atoms with Crippen molar-refractivity contribution in [3.63, 3.8) is 0 Å². The Kier molecular flexibility index (Phi) is 42.3. The molecule has 0 aromatic carbocycles. The predicted octanol–water partition coefficient (Wildman–Crippen LogP) is 11.7. The van der Waals surface area contributed by atoms with Crippen LogP contribution in [0, 0.1) is 5.92 Å². The zero-order valence-corrected chi connectivity index (χ0v) is 41.4. The molecule has 380 valence electrons. The first kappa shape index (κ1) is 62.1. The van der Waals surface area contributed by atoms with Crippen LogP contribution in [0.1, 0.15) is 232 Å². The number of hydrogen-bond donors (Lipinski definition) is 4. The van der Waals surface area contributed by atoms with Crippen molar-refractivity contribution >= 4 is 41.4 Å². The van der Waals surface area contributed by atoms with E-state index in [4.69, 9.17) is 14.9 Å². The van der Waals surface area contributed by atoms with Gasteiger partial charge in [0.15, 0.2) is 0 Å². The van der Waals surface area contributed by atoms with Gasteiger partial charge in [-0.3, -0.25) is 38.5 Å². The van der Waals surface area contributed by atoms with E-state index in [-0.39, 0.29) is 56.8 Å². The van der Waals surface area contributed by atoms with Gasteiger partial charge >= 0.3 is 23.9 Å². The Labute approximate surface area is 398 Å². The molecule has 0 aliphatic carbocycles. The summed E-state index contributed by atoms with van der Waals surface area (Å²) in [6, 6.07) is -1.32. The van der Waals surface area contributed by atoms with Crippen LogP contribution in [0.2, 0.25) is 0 Å². The van der Waals surface area contributed by atoms with E-state index < -0.39 is 54.8 Å². The highest BCUT2D eigenvalue weighted by Gasteiger charge is 2.29. The second-order valence-electron chi connectivity index (χ2n) is 18.1. The van der Waals surface area contributed by atoms with Gasteiger partial charge in [0.05, 0.1) is 25.4 Å². The molecule has 0 spiro atoms. The smallest absolute Gasteiger partial charge is 0.320 e. The molecule has 0 unspecified atom stereocenters. The van der Waals surface area contributed by atoms with Crippen LogP contribution in [-0.2, 0) is 38.3 Å². The molecule has 0 saturated heterocycles. The fourth-order valence-electron chi connectivity index (χ4n) is 7.96. The fraction of sp³-hybridized carbons (Fsp3) is 0.792. The molecule has 0 heterocycles. The van der Waals surface area contributed by atoms with E-state index in [1.165, 1.54) is 77.0 Å². The third kappa shape index (κ3) is 40.4. The third-order valence-corrected chi connectivity index (χ3v) is 12.0. The minimum atomic E-state index is -1.35. The number of nitrogens with zero attached hydrogens (tertiary/aromatic N) is 1. The topological polar surface area (TPSA) is 205 Å². The van der Waals surface area contributed by atoms with Gasteiger partial charge in [0.25, 0.3) is 0 Å². The molecule has 4 N–H and O–H groups in total. The van der Waals surface area contributed by atoms with E-state index in [1.54, 1.807) is 0 Å². The normalized spacial score (nSPS) is 12.5. The predicted molar refractivity (Wildman–Crippen MR) is 262 cm³/mol. The minimum absolute atomic E-state index is 0.00268. The number of Topliss-reactive ketones (excluding diaryl/α,β-unsaturated/α-hetero) is 2. The molecule has 0 saturated carbocycles. The maximum atomic E-state index is 13.4. The van der Waals surface area contributed by atoms with E-state index >= 15 is 0 Å². The standard InChI is InChI=1S/C53H92N2O11/c1-3-5-7-9-11-13-15-17-19-21-23-25-27-29-31-35-46(56)41-45(48(57)37-32-30-28-26-24-22-20-18-16-14-12-10-8-6-4-2)44-66-52(63)39-38-49(58)54-40-34-33-36-47(53(64)65)55(42-50(59)60)43-51(61)62/h17-20,45,47H,3-16,21-44H2,1-2H3,(H,54,58)(H,59,60)(H,61,62)(H,64,65)/b19-17-,20-18-/t45-,47+/m1/s1. The summed E-state index contributed by atoms with van der Waals surface area (Å²) >= 11 is 0. The van der Waals surface area contributed by atoms with Gasteiger partial charge in [-0.1, -0.05) is 141 Å². The molecule has 13 nitrogen and oxygen atoms in total. The average Bonchev–Trinajstić information content (AvgIpc) is 3.27. The summed E-state index contributed by atoms with van der Waals surface area (Å²) in [5, 5.41) is 30.3. The Hall–Kier alpha value is -3.87. The Bertz CT molecular complexity index is 1350. The molecule has 0 fully saturated rings. The molecule has 1 amide bonds. The van der Waals surface area contributed by atoms with Crippen LogP contribution >= 0.6 is 0 Å². The van der Waals surface area contributed by atoms with E-state index in [0.717, 1.165) is 94.8 Å². The molecular weight excluding hydrogens is 841 g/mol. The molecule has 66 heavy (non-hydrogen) atoms. The summed E-state index contributed by atoms with van der Waals surface area (Å²) in [6.07, 6.45) is 40.4. The number of ketones is 2. The van der Waals surface area contributed by atoms with Crippen molar-refractivity contribution in [1.29, 1.82) is 0 Å². The van der Waals surface area contributed by atoms with Gasteiger partial charge in [0, 0.05) is 32.2 Å². The maximum absolute atomic E-state index is 13.4. The largest absolute Gasteiger partial charge is 0.480 e. The van der Waals surface area contributed by atoms with Crippen LogP contribution in [0.3, 0.4) is 0 Å². The summed E-state index contributed by atoms with van der Waals surface area (Å²) in [5.41, 5.74) is 0. The third-order valence-electron chi connectivity index (χ3n) is 12.0. The molecule has 0 radical (unpaired) electrons. The van der Waals surface area contributed by atoms with Crippen LogP contribution in [0.4, 0.5) is 0 Å². The Morgan fingerprint density at radius 3 is 1.41 bits per heavy atom. The van der Waals surface area contributed by atoms with Crippen LogP contribution in [0.15, 0.2) is 24.3 Å². The fourth-order valence-corrected chi connectivity index (χ4v) is 7.96. The highest BCUT2D eigenvalue weighted by Crippen LogP contribution is 2.18. The van der Waals surface area contributed by atoms with Crippen molar-refractivity contribution < 1.29 is 53.6 Å². The Balaban J connectivity index is 4.77. The summed E-state index contributed by atoms with van der Waals surface area (Å²) < 4.78 is 5.46. The first-order valence-corrected chi connectivity index (χ1v) is 26.1. The number of hydrogen-bond acceptors (Lipinski definition) is 9. The number of allylic oxidation sites excluding steroid dienone is 4. The molecule has 0 aliphatic heterocycles. The van der Waals surface area contributed by atoms with Crippen LogP contribution in [0.5, 0.6) is 0 Å². The van der Waals surface area contributed by atoms with E-state index in [1.807, 2.05) is 0 Å². The quantitative estimate of drug-likeness (QED) is 0.0256. The van der Waals surface area contributed by atoms with Crippen molar-refractivity contribution in [2.75, 3.05) is 26.2 Å². The average molecular weight is 933 g/mol. The highest BCUT2D eigenvalue weighted by molar-refractivity contribution is 5.88. The lowest BCUT2D eigenvalue weighted by molar-refractivity contribution is -0.150. The van der Waals surface area contributed by atoms with Crippen molar-refractivity contribution in [2.24, 2.45) is 5.92 Å². The Morgan fingerprint density at radius 1 is 0.515 bits per heavy atom. The number of carboxylic acids is 3. The zero-order chi connectivity index (χ0) is 48.9.